The van der Waals surface area contributed by atoms with Gasteiger partial charge >= 0.3 is 0 Å². The van der Waals surface area contributed by atoms with Crippen LogP contribution in [0.3, 0.4) is 0 Å². The van der Waals surface area contributed by atoms with E-state index in [0.717, 1.165) is 42.2 Å². The minimum atomic E-state index is 0.686. The molecule has 0 aliphatic rings. The van der Waals surface area contributed by atoms with Crippen LogP contribution >= 0.6 is 0 Å². The molecule has 0 saturated carbocycles. The third-order valence-corrected chi connectivity index (χ3v) is 3.48. The van der Waals surface area contributed by atoms with Gasteiger partial charge in [-0.15, -0.1) is 0 Å². The molecule has 20 heavy (non-hydrogen) atoms. The molecular weight excluding hydrogens is 254 g/mol. The normalized spacial score (nSPS) is 11.1. The summed E-state index contributed by atoms with van der Waals surface area (Å²) < 4.78 is 9.22. The summed E-state index contributed by atoms with van der Waals surface area (Å²) in [4.78, 5) is 4.73. The molecule has 2 rings (SSSR count). The van der Waals surface area contributed by atoms with E-state index in [0.29, 0.717) is 11.7 Å². The van der Waals surface area contributed by atoms with E-state index in [1.807, 2.05) is 14.0 Å². The lowest BCUT2D eigenvalue weighted by Crippen LogP contribution is -2.05. The van der Waals surface area contributed by atoms with Gasteiger partial charge in [0.15, 0.2) is 0 Å². The van der Waals surface area contributed by atoms with Gasteiger partial charge in [-0.2, -0.15) is 5.10 Å². The van der Waals surface area contributed by atoms with Gasteiger partial charge in [-0.3, -0.25) is 0 Å². The Morgan fingerprint density at radius 1 is 1.30 bits per heavy atom. The molecular formula is C14H23N5O. The van der Waals surface area contributed by atoms with Gasteiger partial charge in [0.2, 0.25) is 5.88 Å². The van der Waals surface area contributed by atoms with Gasteiger partial charge in [0.05, 0.1) is 18.4 Å². The molecule has 0 fully saturated rings. The first-order valence-corrected chi connectivity index (χ1v) is 6.97. The van der Waals surface area contributed by atoms with Crippen molar-refractivity contribution in [3.63, 3.8) is 0 Å². The molecule has 6 heteroatoms. The zero-order chi connectivity index (χ0) is 14.9. The van der Waals surface area contributed by atoms with Gasteiger partial charge in [0.25, 0.3) is 0 Å². The Hall–Kier alpha value is -1.98. The van der Waals surface area contributed by atoms with Crippen LogP contribution in [0.1, 0.15) is 31.8 Å². The molecule has 0 amide bonds. The van der Waals surface area contributed by atoms with E-state index >= 15 is 0 Å². The molecule has 0 radical (unpaired) electrons. The molecule has 2 aromatic rings. The maximum Gasteiger partial charge on any atom is 0.221 e. The maximum absolute atomic E-state index is 6.29. The zero-order valence-corrected chi connectivity index (χ0v) is 12.9. The highest BCUT2D eigenvalue weighted by atomic mass is 16.5. The number of hydrogen-bond acceptors (Lipinski definition) is 4. The topological polar surface area (TPSA) is 70.9 Å². The van der Waals surface area contributed by atoms with Crippen molar-refractivity contribution in [3.05, 3.63) is 11.5 Å². The van der Waals surface area contributed by atoms with Crippen LogP contribution in [0.25, 0.3) is 11.3 Å². The van der Waals surface area contributed by atoms with Crippen LogP contribution in [-0.2, 0) is 20.0 Å². The van der Waals surface area contributed by atoms with Gasteiger partial charge in [-0.1, -0.05) is 6.92 Å². The van der Waals surface area contributed by atoms with E-state index in [2.05, 4.69) is 23.5 Å². The first-order valence-electron chi connectivity index (χ1n) is 6.97. The molecule has 0 aliphatic heterocycles. The van der Waals surface area contributed by atoms with E-state index < -0.39 is 0 Å². The molecule has 110 valence electrons. The summed E-state index contributed by atoms with van der Waals surface area (Å²) in [5, 5.41) is 4.40. The average molecular weight is 277 g/mol. The highest BCUT2D eigenvalue weighted by Crippen LogP contribution is 2.36. The largest absolute Gasteiger partial charge is 0.481 e. The van der Waals surface area contributed by atoms with Crippen molar-refractivity contribution in [3.8, 4) is 17.1 Å². The number of methoxy groups -OCH3 is 1. The van der Waals surface area contributed by atoms with Crippen LogP contribution in [0.2, 0.25) is 0 Å². The van der Waals surface area contributed by atoms with Crippen molar-refractivity contribution in [2.75, 3.05) is 12.8 Å². The van der Waals surface area contributed by atoms with Crippen LogP contribution in [0.5, 0.6) is 5.88 Å². The number of nitrogens with zero attached hydrogens (tertiary/aromatic N) is 4. The Morgan fingerprint density at radius 2 is 2.00 bits per heavy atom. The molecule has 0 unspecified atom stereocenters. The number of anilines is 1. The van der Waals surface area contributed by atoms with E-state index in [1.165, 1.54) is 0 Å². The molecule has 0 saturated heterocycles. The molecule has 0 aromatic carbocycles. The first-order chi connectivity index (χ1) is 9.54. The summed E-state index contributed by atoms with van der Waals surface area (Å²) in [5.41, 5.74) is 8.82. The van der Waals surface area contributed by atoms with Crippen molar-refractivity contribution in [2.24, 2.45) is 7.05 Å². The fourth-order valence-corrected chi connectivity index (χ4v) is 2.61. The van der Waals surface area contributed by atoms with Crippen molar-refractivity contribution < 1.29 is 4.74 Å². The van der Waals surface area contributed by atoms with Gasteiger partial charge < -0.3 is 15.0 Å². The number of ether oxygens (including phenoxy) is 1. The van der Waals surface area contributed by atoms with Crippen LogP contribution in [0.4, 0.5) is 5.82 Å². The van der Waals surface area contributed by atoms with Crippen molar-refractivity contribution in [1.82, 2.24) is 19.3 Å². The van der Waals surface area contributed by atoms with E-state index in [-0.39, 0.29) is 0 Å². The Labute approximate surface area is 119 Å². The maximum atomic E-state index is 6.29. The average Bonchev–Trinajstić information content (AvgIpc) is 2.86. The minimum absolute atomic E-state index is 0.686. The zero-order valence-electron chi connectivity index (χ0n) is 12.9. The van der Waals surface area contributed by atoms with Gasteiger partial charge in [-0.05, 0) is 20.3 Å². The lowest BCUT2D eigenvalue weighted by atomic mass is 10.2. The quantitative estimate of drug-likeness (QED) is 0.909. The fraction of sp³-hybridized carbons (Fsp3) is 0.571. The lowest BCUT2D eigenvalue weighted by molar-refractivity contribution is 0.374. The number of rotatable bonds is 5. The lowest BCUT2D eigenvalue weighted by Gasteiger charge is -2.06. The van der Waals surface area contributed by atoms with Gasteiger partial charge in [0, 0.05) is 20.0 Å². The second-order valence-electron chi connectivity index (χ2n) is 4.85. The molecule has 0 aliphatic carbocycles. The summed E-state index contributed by atoms with van der Waals surface area (Å²) in [5.74, 6) is 2.40. The summed E-state index contributed by atoms with van der Waals surface area (Å²) in [6, 6.07) is 0. The van der Waals surface area contributed by atoms with Crippen molar-refractivity contribution in [2.45, 2.75) is 40.2 Å². The summed E-state index contributed by atoms with van der Waals surface area (Å²) >= 11 is 0. The summed E-state index contributed by atoms with van der Waals surface area (Å²) in [6.45, 7) is 6.98. The number of nitrogen functional groups attached to an aromatic ring is 1. The number of hydrogen-bond donors (Lipinski definition) is 1. The summed E-state index contributed by atoms with van der Waals surface area (Å²) in [6.07, 6.45) is 1.96. The molecule has 0 bridgehead atoms. The predicted octanol–water partition coefficient (Wildman–Crippen LogP) is 2.16. The molecule has 2 heterocycles. The van der Waals surface area contributed by atoms with Crippen LogP contribution < -0.4 is 10.5 Å². The minimum Gasteiger partial charge on any atom is -0.481 e. The number of imidazole rings is 1. The molecule has 2 aromatic heterocycles. The Morgan fingerprint density at radius 3 is 2.55 bits per heavy atom. The smallest absolute Gasteiger partial charge is 0.221 e. The van der Waals surface area contributed by atoms with Gasteiger partial charge in [0.1, 0.15) is 17.3 Å². The fourth-order valence-electron chi connectivity index (χ4n) is 2.61. The first kappa shape index (κ1) is 14.4. The highest BCUT2D eigenvalue weighted by molar-refractivity contribution is 5.77. The molecule has 0 spiro atoms. The Balaban J connectivity index is 2.64. The molecule has 6 nitrogen and oxygen atoms in total. The molecule has 0 atom stereocenters. The van der Waals surface area contributed by atoms with Crippen LogP contribution in [0.15, 0.2) is 0 Å². The number of nitrogens with two attached hydrogens (primary N) is 1. The van der Waals surface area contributed by atoms with Crippen LogP contribution in [0, 0.1) is 6.92 Å². The number of aromatic nitrogens is 4. The van der Waals surface area contributed by atoms with Crippen molar-refractivity contribution in [1.29, 1.82) is 0 Å². The highest BCUT2D eigenvalue weighted by Gasteiger charge is 2.23. The SMILES string of the molecule is CCCc1nc(-c2c(C)nn(C)c2OC)c(N)n1CC. The van der Waals surface area contributed by atoms with E-state index in [1.54, 1.807) is 11.8 Å². The molecule has 2 N–H and O–H groups in total. The third-order valence-electron chi connectivity index (χ3n) is 3.48. The van der Waals surface area contributed by atoms with Crippen LogP contribution in [-0.4, -0.2) is 26.4 Å². The second kappa shape index (κ2) is 5.56. The second-order valence-corrected chi connectivity index (χ2v) is 4.85. The standard InChI is InChI=1S/C14H23N5O/c1-6-8-10-16-12(13(15)19(10)7-2)11-9(3)17-18(4)14(11)20-5/h6-8,15H2,1-5H3. The van der Waals surface area contributed by atoms with Crippen molar-refractivity contribution >= 4 is 5.82 Å². The summed E-state index contributed by atoms with van der Waals surface area (Å²) in [7, 11) is 3.50. The monoisotopic (exact) mass is 277 g/mol. The van der Waals surface area contributed by atoms with E-state index in [9.17, 15) is 0 Å². The van der Waals surface area contributed by atoms with Gasteiger partial charge in [-0.25, -0.2) is 9.67 Å². The predicted molar refractivity (Wildman–Crippen MR) is 79.8 cm³/mol. The van der Waals surface area contributed by atoms with E-state index in [4.69, 9.17) is 15.5 Å². The third kappa shape index (κ3) is 2.15. The Kier molecular flexibility index (Phi) is 4.01. The Bertz CT molecular complexity index is 612. The number of aryl methyl sites for hydroxylation is 3.